The maximum absolute atomic E-state index is 12.6. The molecule has 6 nitrogen and oxygen atoms in total. The molecule has 2 aromatic carbocycles. The van der Waals surface area contributed by atoms with E-state index in [1.165, 1.54) is 10.5 Å². The van der Waals surface area contributed by atoms with E-state index in [2.05, 4.69) is 13.0 Å². The molecular weight excluding hydrogens is 380 g/mol. The Kier molecular flexibility index (Phi) is 7.36. The molecular formula is C24H31N2O4+. The van der Waals surface area contributed by atoms with Crippen LogP contribution >= 0.6 is 0 Å². The second kappa shape index (κ2) is 10.2. The molecule has 0 unspecified atom stereocenters. The molecule has 0 spiro atoms. The first-order valence-electron chi connectivity index (χ1n) is 10.2. The maximum Gasteiger partial charge on any atom is 0.246 e. The molecule has 0 saturated carbocycles. The Morgan fingerprint density at radius 1 is 1.00 bits per heavy atom. The smallest absolute Gasteiger partial charge is 0.246 e. The monoisotopic (exact) mass is 411 g/mol. The van der Waals surface area contributed by atoms with E-state index in [1.54, 1.807) is 27.4 Å². The summed E-state index contributed by atoms with van der Waals surface area (Å²) >= 11 is 0. The van der Waals surface area contributed by atoms with Crippen molar-refractivity contribution >= 4 is 12.0 Å². The number of nitrogens with zero attached hydrogens (tertiary/aromatic N) is 1. The number of piperazine rings is 1. The Morgan fingerprint density at radius 3 is 2.33 bits per heavy atom. The first-order valence-corrected chi connectivity index (χ1v) is 10.2. The molecule has 0 atom stereocenters. The lowest BCUT2D eigenvalue weighted by molar-refractivity contribution is -0.917. The Hall–Kier alpha value is -2.99. The Bertz CT molecular complexity index is 902. The number of benzene rings is 2. The second-order valence-electron chi connectivity index (χ2n) is 7.44. The third-order valence-electron chi connectivity index (χ3n) is 5.60. The van der Waals surface area contributed by atoms with E-state index in [1.807, 2.05) is 41.3 Å². The number of methoxy groups -OCH3 is 3. The minimum Gasteiger partial charge on any atom is -0.493 e. The molecule has 3 rings (SSSR count). The van der Waals surface area contributed by atoms with Crippen molar-refractivity contribution in [3.8, 4) is 17.2 Å². The molecule has 1 aliphatic heterocycles. The zero-order chi connectivity index (χ0) is 21.5. The van der Waals surface area contributed by atoms with Crippen LogP contribution in [0.5, 0.6) is 17.2 Å². The number of hydrogen-bond acceptors (Lipinski definition) is 4. The summed E-state index contributed by atoms with van der Waals surface area (Å²) in [5, 5.41) is 0. The van der Waals surface area contributed by atoms with E-state index in [4.69, 9.17) is 14.2 Å². The van der Waals surface area contributed by atoms with Crippen LogP contribution in [0.1, 0.15) is 16.7 Å². The fourth-order valence-electron chi connectivity index (χ4n) is 3.83. The maximum atomic E-state index is 12.6. The highest BCUT2D eigenvalue weighted by molar-refractivity contribution is 5.92. The number of carbonyl (C=O) groups excluding carboxylic acids is 1. The van der Waals surface area contributed by atoms with Crippen molar-refractivity contribution in [1.82, 2.24) is 4.90 Å². The van der Waals surface area contributed by atoms with Gasteiger partial charge in [0.15, 0.2) is 11.5 Å². The largest absolute Gasteiger partial charge is 0.493 e. The average Bonchev–Trinajstić information content (AvgIpc) is 2.78. The lowest BCUT2D eigenvalue weighted by atomic mass is 10.1. The van der Waals surface area contributed by atoms with Gasteiger partial charge in [0.1, 0.15) is 6.54 Å². The van der Waals surface area contributed by atoms with Crippen LogP contribution in [0.2, 0.25) is 0 Å². The van der Waals surface area contributed by atoms with Crippen LogP contribution in [0.25, 0.3) is 6.08 Å². The molecule has 1 aliphatic rings. The third-order valence-corrected chi connectivity index (χ3v) is 5.60. The Morgan fingerprint density at radius 2 is 1.70 bits per heavy atom. The number of ether oxygens (including phenoxy) is 3. The summed E-state index contributed by atoms with van der Waals surface area (Å²) in [5.74, 6) is 2.06. The molecule has 160 valence electrons. The molecule has 1 saturated heterocycles. The molecule has 0 aliphatic carbocycles. The summed E-state index contributed by atoms with van der Waals surface area (Å²) in [7, 11) is 4.88. The van der Waals surface area contributed by atoms with Crippen molar-refractivity contribution in [3.63, 3.8) is 0 Å². The van der Waals surface area contributed by atoms with Crippen molar-refractivity contribution in [2.45, 2.75) is 13.5 Å². The van der Waals surface area contributed by atoms with Gasteiger partial charge >= 0.3 is 0 Å². The fraction of sp³-hybridized carbons (Fsp3) is 0.375. The number of aryl methyl sites for hydroxylation is 1. The average molecular weight is 412 g/mol. The summed E-state index contributed by atoms with van der Waals surface area (Å²) in [6, 6.07) is 12.0. The highest BCUT2D eigenvalue weighted by Crippen LogP contribution is 2.39. The minimum atomic E-state index is 0.0704. The van der Waals surface area contributed by atoms with E-state index >= 15 is 0 Å². The number of quaternary nitrogens is 1. The van der Waals surface area contributed by atoms with Gasteiger partial charge in [-0.15, -0.1) is 0 Å². The normalized spacial score (nSPS) is 14.7. The first kappa shape index (κ1) is 21.7. The Balaban J connectivity index is 1.60. The molecule has 1 amide bonds. The quantitative estimate of drug-likeness (QED) is 0.708. The van der Waals surface area contributed by atoms with Crippen molar-refractivity contribution < 1.29 is 23.9 Å². The van der Waals surface area contributed by atoms with Gasteiger partial charge < -0.3 is 24.0 Å². The molecule has 1 N–H and O–H groups in total. The second-order valence-corrected chi connectivity index (χ2v) is 7.44. The zero-order valence-corrected chi connectivity index (χ0v) is 18.2. The van der Waals surface area contributed by atoms with Gasteiger partial charge in [-0.05, 0) is 36.3 Å². The fourth-order valence-corrected chi connectivity index (χ4v) is 3.83. The number of amides is 1. The van der Waals surface area contributed by atoms with E-state index in [0.29, 0.717) is 17.2 Å². The number of hydrogen-bond donors (Lipinski definition) is 1. The molecule has 2 aromatic rings. The predicted octanol–water partition coefficient (Wildman–Crippen LogP) is 1.96. The molecule has 0 bridgehead atoms. The first-order chi connectivity index (χ1) is 14.6. The molecule has 0 aromatic heterocycles. The summed E-state index contributed by atoms with van der Waals surface area (Å²) in [5.41, 5.74) is 3.32. The van der Waals surface area contributed by atoms with E-state index in [9.17, 15) is 4.79 Å². The van der Waals surface area contributed by atoms with Crippen molar-refractivity contribution in [1.29, 1.82) is 0 Å². The van der Waals surface area contributed by atoms with E-state index in [-0.39, 0.29) is 5.91 Å². The van der Waals surface area contributed by atoms with Crippen LogP contribution in [-0.4, -0.2) is 58.3 Å². The van der Waals surface area contributed by atoms with Crippen molar-refractivity contribution in [2.24, 2.45) is 0 Å². The highest BCUT2D eigenvalue weighted by atomic mass is 16.5. The summed E-state index contributed by atoms with van der Waals surface area (Å²) < 4.78 is 16.5. The molecule has 1 heterocycles. The standard InChI is InChI=1S/C24H30N2O4/c1-18-7-5-6-8-19(18)10-12-22(27)26-15-13-25(14-16-26)17-20-9-11-21(28-2)24(30-4)23(20)29-3/h5-12H,13-17H2,1-4H3/p+1/b12-10+. The summed E-state index contributed by atoms with van der Waals surface area (Å²) in [6.45, 7) is 6.12. The summed E-state index contributed by atoms with van der Waals surface area (Å²) in [6.07, 6.45) is 3.59. The SMILES string of the molecule is COc1ccc(C[NH+]2CCN(C(=O)/C=C/c3ccccc3C)CC2)c(OC)c1OC. The van der Waals surface area contributed by atoms with Crippen LogP contribution in [0.4, 0.5) is 0 Å². The summed E-state index contributed by atoms with van der Waals surface area (Å²) in [4.78, 5) is 15.9. The van der Waals surface area contributed by atoms with Gasteiger partial charge in [0, 0.05) is 6.08 Å². The Labute approximate surface area is 178 Å². The lowest BCUT2D eigenvalue weighted by Crippen LogP contribution is -3.13. The number of carbonyl (C=O) groups is 1. The topological polar surface area (TPSA) is 52.4 Å². The van der Waals surface area contributed by atoms with Crippen molar-refractivity contribution in [3.05, 3.63) is 59.2 Å². The molecule has 30 heavy (non-hydrogen) atoms. The van der Waals surface area contributed by atoms with Crippen LogP contribution < -0.4 is 19.1 Å². The van der Waals surface area contributed by atoms with Crippen LogP contribution in [-0.2, 0) is 11.3 Å². The van der Waals surface area contributed by atoms with Crippen molar-refractivity contribution in [2.75, 3.05) is 47.5 Å². The van der Waals surface area contributed by atoms with Crippen LogP contribution in [0.3, 0.4) is 0 Å². The van der Waals surface area contributed by atoms with Gasteiger partial charge in [0.05, 0.1) is 53.1 Å². The zero-order valence-electron chi connectivity index (χ0n) is 18.2. The van der Waals surface area contributed by atoms with Gasteiger partial charge in [-0.25, -0.2) is 0 Å². The lowest BCUT2D eigenvalue weighted by Gasteiger charge is -2.32. The molecule has 1 fully saturated rings. The van der Waals surface area contributed by atoms with Gasteiger partial charge in [0.2, 0.25) is 11.7 Å². The van der Waals surface area contributed by atoms with Gasteiger partial charge in [0.25, 0.3) is 0 Å². The molecule has 0 radical (unpaired) electrons. The van der Waals surface area contributed by atoms with Gasteiger partial charge in [-0.3, -0.25) is 4.79 Å². The number of rotatable bonds is 7. The third kappa shape index (κ3) is 4.94. The van der Waals surface area contributed by atoms with Crippen LogP contribution in [0, 0.1) is 6.92 Å². The van der Waals surface area contributed by atoms with E-state index in [0.717, 1.165) is 43.9 Å². The molecule has 6 heteroatoms. The highest BCUT2D eigenvalue weighted by Gasteiger charge is 2.25. The predicted molar refractivity (Wildman–Crippen MR) is 117 cm³/mol. The minimum absolute atomic E-state index is 0.0704. The van der Waals surface area contributed by atoms with E-state index < -0.39 is 0 Å². The van der Waals surface area contributed by atoms with Gasteiger partial charge in [-0.2, -0.15) is 0 Å². The number of nitrogens with one attached hydrogen (secondary N) is 1. The van der Waals surface area contributed by atoms with Crippen LogP contribution in [0.15, 0.2) is 42.5 Å². The van der Waals surface area contributed by atoms with Gasteiger partial charge in [-0.1, -0.05) is 24.3 Å².